The summed E-state index contributed by atoms with van der Waals surface area (Å²) in [7, 11) is -3.70. The summed E-state index contributed by atoms with van der Waals surface area (Å²) in [4.78, 5) is 0.0454. The standard InChI is InChI=1S/C11H19N3O3S/c1-2-17-7-3-6-14-11-8-9(18(13,15)16)4-5-10(11)12/h4-5,8,14H,2-3,6-7,12H2,1H3,(H2,13,15,16). The summed E-state index contributed by atoms with van der Waals surface area (Å²) >= 11 is 0. The Hall–Kier alpha value is -1.31. The zero-order valence-corrected chi connectivity index (χ0v) is 11.2. The molecule has 1 rings (SSSR count). The molecule has 0 saturated heterocycles. The Labute approximate surface area is 107 Å². The molecule has 0 unspecified atom stereocenters. The predicted octanol–water partition coefficient (Wildman–Crippen LogP) is 0.755. The van der Waals surface area contributed by atoms with Crippen LogP contribution in [0.5, 0.6) is 0 Å². The van der Waals surface area contributed by atoms with E-state index < -0.39 is 10.0 Å². The van der Waals surface area contributed by atoms with Crippen LogP contribution >= 0.6 is 0 Å². The average Bonchev–Trinajstić information content (AvgIpc) is 2.29. The van der Waals surface area contributed by atoms with E-state index in [-0.39, 0.29) is 4.90 Å². The lowest BCUT2D eigenvalue weighted by atomic mass is 10.2. The molecule has 0 aliphatic carbocycles. The number of ether oxygens (including phenoxy) is 1. The maximum Gasteiger partial charge on any atom is 0.238 e. The van der Waals surface area contributed by atoms with Gasteiger partial charge in [0.25, 0.3) is 0 Å². The number of nitrogen functional groups attached to an aromatic ring is 1. The molecule has 1 aromatic carbocycles. The molecule has 7 heteroatoms. The first-order valence-electron chi connectivity index (χ1n) is 5.69. The van der Waals surface area contributed by atoms with Crippen LogP contribution in [0, 0.1) is 0 Å². The molecule has 0 amide bonds. The van der Waals surface area contributed by atoms with Gasteiger partial charge >= 0.3 is 0 Å². The van der Waals surface area contributed by atoms with E-state index in [0.29, 0.717) is 31.1 Å². The summed E-state index contributed by atoms with van der Waals surface area (Å²) in [6.07, 6.45) is 0.812. The predicted molar refractivity (Wildman–Crippen MR) is 71.8 cm³/mol. The van der Waals surface area contributed by atoms with Crippen LogP contribution in [0.2, 0.25) is 0 Å². The summed E-state index contributed by atoms with van der Waals surface area (Å²) in [5, 5.41) is 8.11. The minimum atomic E-state index is -3.70. The van der Waals surface area contributed by atoms with Crippen LogP contribution < -0.4 is 16.2 Å². The van der Waals surface area contributed by atoms with E-state index in [1.54, 1.807) is 0 Å². The molecule has 0 aliphatic rings. The first-order valence-corrected chi connectivity index (χ1v) is 7.23. The van der Waals surface area contributed by atoms with Crippen LogP contribution in [-0.4, -0.2) is 28.2 Å². The quantitative estimate of drug-likeness (QED) is 0.502. The zero-order valence-electron chi connectivity index (χ0n) is 10.3. The zero-order chi connectivity index (χ0) is 13.6. The Morgan fingerprint density at radius 1 is 1.39 bits per heavy atom. The highest BCUT2D eigenvalue weighted by atomic mass is 32.2. The molecule has 0 bridgehead atoms. The monoisotopic (exact) mass is 273 g/mol. The summed E-state index contributed by atoms with van der Waals surface area (Å²) in [6, 6.07) is 4.34. The van der Waals surface area contributed by atoms with Crippen molar-refractivity contribution in [3.63, 3.8) is 0 Å². The Morgan fingerprint density at radius 2 is 2.11 bits per heavy atom. The minimum Gasteiger partial charge on any atom is -0.397 e. The summed E-state index contributed by atoms with van der Waals surface area (Å²) < 4.78 is 27.6. The van der Waals surface area contributed by atoms with Crippen LogP contribution in [0.25, 0.3) is 0 Å². The van der Waals surface area contributed by atoms with Gasteiger partial charge in [0.1, 0.15) is 0 Å². The molecular weight excluding hydrogens is 254 g/mol. The molecule has 0 aliphatic heterocycles. The van der Waals surface area contributed by atoms with E-state index in [9.17, 15) is 8.42 Å². The molecule has 0 saturated carbocycles. The third-order valence-electron chi connectivity index (χ3n) is 2.34. The van der Waals surface area contributed by atoms with E-state index >= 15 is 0 Å². The van der Waals surface area contributed by atoms with Crippen LogP contribution in [0.3, 0.4) is 0 Å². The fourth-order valence-corrected chi connectivity index (χ4v) is 1.95. The first-order chi connectivity index (χ1) is 8.45. The van der Waals surface area contributed by atoms with Crippen molar-refractivity contribution < 1.29 is 13.2 Å². The van der Waals surface area contributed by atoms with Gasteiger partial charge in [-0.3, -0.25) is 0 Å². The van der Waals surface area contributed by atoms with Gasteiger partial charge in [0.2, 0.25) is 10.0 Å². The largest absolute Gasteiger partial charge is 0.397 e. The van der Waals surface area contributed by atoms with E-state index in [1.165, 1.54) is 18.2 Å². The number of anilines is 2. The van der Waals surface area contributed by atoms with Gasteiger partial charge in [-0.05, 0) is 31.5 Å². The second-order valence-electron chi connectivity index (χ2n) is 3.77. The normalized spacial score (nSPS) is 11.4. The third kappa shape index (κ3) is 4.52. The third-order valence-corrected chi connectivity index (χ3v) is 3.25. The first kappa shape index (κ1) is 14.7. The number of hydrogen-bond acceptors (Lipinski definition) is 5. The number of nitrogens with two attached hydrogens (primary N) is 2. The van der Waals surface area contributed by atoms with Crippen LogP contribution in [0.4, 0.5) is 11.4 Å². The van der Waals surface area contributed by atoms with Gasteiger partial charge in [-0.25, -0.2) is 13.6 Å². The molecular formula is C11H19N3O3S. The molecule has 0 radical (unpaired) electrons. The lowest BCUT2D eigenvalue weighted by Gasteiger charge is -2.10. The molecule has 0 fully saturated rings. The van der Waals surface area contributed by atoms with Gasteiger partial charge in [-0.2, -0.15) is 0 Å². The number of hydrogen-bond donors (Lipinski definition) is 3. The molecule has 0 atom stereocenters. The molecule has 18 heavy (non-hydrogen) atoms. The maximum atomic E-state index is 11.2. The lowest BCUT2D eigenvalue weighted by molar-refractivity contribution is 0.147. The van der Waals surface area contributed by atoms with Crippen molar-refractivity contribution in [2.75, 3.05) is 30.8 Å². The number of benzene rings is 1. The molecule has 6 nitrogen and oxygen atoms in total. The van der Waals surface area contributed by atoms with Crippen LogP contribution in [0.15, 0.2) is 23.1 Å². The minimum absolute atomic E-state index is 0.0454. The van der Waals surface area contributed by atoms with Crippen LogP contribution in [-0.2, 0) is 14.8 Å². The SMILES string of the molecule is CCOCCCNc1cc(S(N)(=O)=O)ccc1N. The number of nitrogens with one attached hydrogen (secondary N) is 1. The second kappa shape index (κ2) is 6.58. The van der Waals surface area contributed by atoms with Gasteiger partial charge in [0, 0.05) is 19.8 Å². The van der Waals surface area contributed by atoms with Gasteiger partial charge in [0.05, 0.1) is 16.3 Å². The van der Waals surface area contributed by atoms with Crippen molar-refractivity contribution in [3.8, 4) is 0 Å². The summed E-state index contributed by atoms with van der Waals surface area (Å²) in [5.41, 5.74) is 6.80. The highest BCUT2D eigenvalue weighted by Gasteiger charge is 2.09. The number of sulfonamides is 1. The van der Waals surface area contributed by atoms with E-state index in [4.69, 9.17) is 15.6 Å². The van der Waals surface area contributed by atoms with Gasteiger partial charge < -0.3 is 15.8 Å². The Kier molecular flexibility index (Phi) is 5.39. The van der Waals surface area contributed by atoms with E-state index in [2.05, 4.69) is 5.32 Å². The van der Waals surface area contributed by atoms with Crippen molar-refractivity contribution in [1.82, 2.24) is 0 Å². The van der Waals surface area contributed by atoms with Crippen molar-refractivity contribution in [3.05, 3.63) is 18.2 Å². The Bertz CT molecular complexity index is 488. The smallest absolute Gasteiger partial charge is 0.238 e. The molecule has 102 valence electrons. The Morgan fingerprint density at radius 3 is 2.72 bits per heavy atom. The topological polar surface area (TPSA) is 107 Å². The highest BCUT2D eigenvalue weighted by molar-refractivity contribution is 7.89. The van der Waals surface area contributed by atoms with Gasteiger partial charge in [0.15, 0.2) is 0 Å². The van der Waals surface area contributed by atoms with E-state index in [1.807, 2.05) is 6.92 Å². The van der Waals surface area contributed by atoms with Crippen molar-refractivity contribution in [1.29, 1.82) is 0 Å². The van der Waals surface area contributed by atoms with Crippen molar-refractivity contribution >= 4 is 21.4 Å². The molecule has 5 N–H and O–H groups in total. The average molecular weight is 273 g/mol. The summed E-state index contributed by atoms with van der Waals surface area (Å²) in [6.45, 7) is 3.92. The number of primary sulfonamides is 1. The lowest BCUT2D eigenvalue weighted by Crippen LogP contribution is -2.13. The molecule has 0 spiro atoms. The highest BCUT2D eigenvalue weighted by Crippen LogP contribution is 2.21. The fourth-order valence-electron chi connectivity index (χ4n) is 1.41. The van der Waals surface area contributed by atoms with Gasteiger partial charge in [-0.15, -0.1) is 0 Å². The van der Waals surface area contributed by atoms with Crippen molar-refractivity contribution in [2.45, 2.75) is 18.2 Å². The maximum absolute atomic E-state index is 11.2. The van der Waals surface area contributed by atoms with Crippen molar-refractivity contribution in [2.24, 2.45) is 5.14 Å². The van der Waals surface area contributed by atoms with Crippen LogP contribution in [0.1, 0.15) is 13.3 Å². The fraction of sp³-hybridized carbons (Fsp3) is 0.455. The van der Waals surface area contributed by atoms with E-state index in [0.717, 1.165) is 6.42 Å². The molecule has 1 aromatic rings. The second-order valence-corrected chi connectivity index (χ2v) is 5.33. The summed E-state index contributed by atoms with van der Waals surface area (Å²) in [5.74, 6) is 0. The molecule has 0 aromatic heterocycles. The molecule has 0 heterocycles. The number of rotatable bonds is 7. The van der Waals surface area contributed by atoms with Gasteiger partial charge in [-0.1, -0.05) is 0 Å². The Balaban J connectivity index is 2.65.